The summed E-state index contributed by atoms with van der Waals surface area (Å²) in [7, 11) is 0. The minimum atomic E-state index is 0.590. The molecule has 0 spiro atoms. The first-order valence-corrected chi connectivity index (χ1v) is 7.73. The third-order valence-corrected chi connectivity index (χ3v) is 3.64. The Hall–Kier alpha value is -0.860. The van der Waals surface area contributed by atoms with E-state index >= 15 is 0 Å². The highest BCUT2D eigenvalue weighted by molar-refractivity contribution is 5.25. The Morgan fingerprint density at radius 2 is 1.79 bits per heavy atom. The average Bonchev–Trinajstić information content (AvgIpc) is 2.45. The molecule has 1 N–H and O–H groups in total. The Bertz CT molecular complexity index is 332. The molecule has 0 heterocycles. The van der Waals surface area contributed by atoms with E-state index < -0.39 is 0 Å². The van der Waals surface area contributed by atoms with Crippen molar-refractivity contribution >= 4 is 0 Å². The predicted molar refractivity (Wildman–Crippen MR) is 84.6 cm³/mol. The topological polar surface area (TPSA) is 15.3 Å². The molecule has 0 aliphatic heterocycles. The van der Waals surface area contributed by atoms with Gasteiger partial charge in [0, 0.05) is 13.1 Å². The number of likely N-dealkylation sites (N-methyl/N-ethyl adjacent to an activating group) is 1. The summed E-state index contributed by atoms with van der Waals surface area (Å²) in [5.74, 6) is 0.590. The molecule has 0 saturated heterocycles. The van der Waals surface area contributed by atoms with E-state index in [1.165, 1.54) is 24.1 Å². The van der Waals surface area contributed by atoms with E-state index in [1.807, 2.05) is 0 Å². The fourth-order valence-corrected chi connectivity index (χ4v) is 2.35. The highest BCUT2D eigenvalue weighted by Gasteiger charge is 2.06. The summed E-state index contributed by atoms with van der Waals surface area (Å²) < 4.78 is 0. The second kappa shape index (κ2) is 9.11. The van der Waals surface area contributed by atoms with Crippen molar-refractivity contribution < 1.29 is 0 Å². The number of rotatable bonds is 9. The molecule has 2 nitrogen and oxygen atoms in total. The zero-order valence-electron chi connectivity index (χ0n) is 13.1. The maximum absolute atomic E-state index is 3.41. The maximum atomic E-state index is 3.41. The monoisotopic (exact) mass is 262 g/mol. The van der Waals surface area contributed by atoms with Crippen molar-refractivity contribution in [1.29, 1.82) is 0 Å². The number of benzene rings is 1. The SMILES string of the molecule is CCCN(CC)Cc1ccc(C(C)CNCC)cc1. The van der Waals surface area contributed by atoms with Gasteiger partial charge in [0.1, 0.15) is 0 Å². The quantitative estimate of drug-likeness (QED) is 0.731. The van der Waals surface area contributed by atoms with Crippen LogP contribution in [0.3, 0.4) is 0 Å². The van der Waals surface area contributed by atoms with E-state index in [1.54, 1.807) is 0 Å². The largest absolute Gasteiger partial charge is 0.316 e. The molecule has 1 aromatic carbocycles. The van der Waals surface area contributed by atoms with Gasteiger partial charge in [0.15, 0.2) is 0 Å². The smallest absolute Gasteiger partial charge is 0.0233 e. The van der Waals surface area contributed by atoms with Gasteiger partial charge in [0.25, 0.3) is 0 Å². The van der Waals surface area contributed by atoms with E-state index in [-0.39, 0.29) is 0 Å². The van der Waals surface area contributed by atoms with Gasteiger partial charge in [0.05, 0.1) is 0 Å². The van der Waals surface area contributed by atoms with Gasteiger partial charge in [0.2, 0.25) is 0 Å². The first-order valence-electron chi connectivity index (χ1n) is 7.73. The summed E-state index contributed by atoms with van der Waals surface area (Å²) in [4.78, 5) is 2.50. The standard InChI is InChI=1S/C17H30N2/c1-5-12-19(7-3)14-16-8-10-17(11-9-16)15(4)13-18-6-2/h8-11,15,18H,5-7,12-14H2,1-4H3. The summed E-state index contributed by atoms with van der Waals surface area (Å²) in [5, 5.41) is 3.41. The molecule has 1 rings (SSSR count). The Labute approximate surface area is 119 Å². The summed E-state index contributed by atoms with van der Waals surface area (Å²) in [5.41, 5.74) is 2.86. The van der Waals surface area contributed by atoms with Gasteiger partial charge >= 0.3 is 0 Å². The molecule has 1 unspecified atom stereocenters. The highest BCUT2D eigenvalue weighted by atomic mass is 15.1. The fraction of sp³-hybridized carbons (Fsp3) is 0.647. The molecule has 0 aromatic heterocycles. The number of nitrogens with zero attached hydrogens (tertiary/aromatic N) is 1. The molecular formula is C17H30N2. The van der Waals surface area contributed by atoms with Gasteiger partial charge in [-0.15, -0.1) is 0 Å². The van der Waals surface area contributed by atoms with Crippen molar-refractivity contribution in [2.45, 2.75) is 46.6 Å². The molecule has 0 radical (unpaired) electrons. The Kier molecular flexibility index (Phi) is 7.76. The molecule has 0 aliphatic carbocycles. The lowest BCUT2D eigenvalue weighted by atomic mass is 9.99. The van der Waals surface area contributed by atoms with Crippen LogP contribution in [-0.2, 0) is 6.54 Å². The predicted octanol–water partition coefficient (Wildman–Crippen LogP) is 3.63. The van der Waals surface area contributed by atoms with Crippen molar-refractivity contribution in [1.82, 2.24) is 10.2 Å². The molecule has 108 valence electrons. The highest BCUT2D eigenvalue weighted by Crippen LogP contribution is 2.16. The van der Waals surface area contributed by atoms with Crippen molar-refractivity contribution in [3.05, 3.63) is 35.4 Å². The van der Waals surface area contributed by atoms with Crippen LogP contribution in [0.15, 0.2) is 24.3 Å². The third-order valence-electron chi connectivity index (χ3n) is 3.64. The fourth-order valence-electron chi connectivity index (χ4n) is 2.35. The van der Waals surface area contributed by atoms with Crippen LogP contribution in [0.1, 0.15) is 51.2 Å². The van der Waals surface area contributed by atoms with Gasteiger partial charge in [-0.3, -0.25) is 4.90 Å². The molecule has 1 aromatic rings. The van der Waals surface area contributed by atoms with Crippen LogP contribution in [0.4, 0.5) is 0 Å². The van der Waals surface area contributed by atoms with E-state index in [0.717, 1.165) is 26.2 Å². The molecule has 0 saturated carbocycles. The van der Waals surface area contributed by atoms with Crippen LogP contribution in [0.5, 0.6) is 0 Å². The van der Waals surface area contributed by atoms with Gasteiger partial charge in [-0.1, -0.05) is 52.0 Å². The van der Waals surface area contributed by atoms with Crippen molar-refractivity contribution in [2.75, 3.05) is 26.2 Å². The van der Waals surface area contributed by atoms with E-state index in [4.69, 9.17) is 0 Å². The van der Waals surface area contributed by atoms with E-state index in [9.17, 15) is 0 Å². The van der Waals surface area contributed by atoms with Gasteiger partial charge in [-0.25, -0.2) is 0 Å². The summed E-state index contributed by atoms with van der Waals surface area (Å²) >= 11 is 0. The Morgan fingerprint density at radius 1 is 1.11 bits per heavy atom. The second-order valence-corrected chi connectivity index (χ2v) is 5.32. The zero-order valence-corrected chi connectivity index (χ0v) is 13.1. The van der Waals surface area contributed by atoms with Gasteiger partial charge in [-0.2, -0.15) is 0 Å². The number of hydrogen-bond acceptors (Lipinski definition) is 2. The van der Waals surface area contributed by atoms with Crippen molar-refractivity contribution in [3.63, 3.8) is 0 Å². The number of nitrogens with one attached hydrogen (secondary N) is 1. The van der Waals surface area contributed by atoms with Crippen molar-refractivity contribution in [2.24, 2.45) is 0 Å². The van der Waals surface area contributed by atoms with Crippen molar-refractivity contribution in [3.8, 4) is 0 Å². The van der Waals surface area contributed by atoms with E-state index in [2.05, 4.69) is 62.2 Å². The zero-order chi connectivity index (χ0) is 14.1. The molecule has 0 aliphatic rings. The second-order valence-electron chi connectivity index (χ2n) is 5.32. The molecular weight excluding hydrogens is 232 g/mol. The van der Waals surface area contributed by atoms with E-state index in [0.29, 0.717) is 5.92 Å². The minimum Gasteiger partial charge on any atom is -0.316 e. The number of hydrogen-bond donors (Lipinski definition) is 1. The summed E-state index contributed by atoms with van der Waals surface area (Å²) in [6.07, 6.45) is 1.23. The molecule has 19 heavy (non-hydrogen) atoms. The molecule has 1 atom stereocenters. The Balaban J connectivity index is 2.55. The lowest BCUT2D eigenvalue weighted by Gasteiger charge is -2.20. The molecule has 0 bridgehead atoms. The van der Waals surface area contributed by atoms with Crippen LogP contribution >= 0.6 is 0 Å². The minimum absolute atomic E-state index is 0.590. The maximum Gasteiger partial charge on any atom is 0.0233 e. The lowest BCUT2D eigenvalue weighted by molar-refractivity contribution is 0.280. The van der Waals surface area contributed by atoms with Crippen LogP contribution in [0.2, 0.25) is 0 Å². The first kappa shape index (κ1) is 16.2. The first-order chi connectivity index (χ1) is 9.21. The Morgan fingerprint density at radius 3 is 2.32 bits per heavy atom. The molecule has 0 amide bonds. The molecule has 0 fully saturated rings. The van der Waals surface area contributed by atoms with Crippen LogP contribution in [0, 0.1) is 0 Å². The van der Waals surface area contributed by atoms with Crippen LogP contribution in [-0.4, -0.2) is 31.1 Å². The van der Waals surface area contributed by atoms with Gasteiger partial charge < -0.3 is 5.32 Å². The van der Waals surface area contributed by atoms with Crippen LogP contribution in [0.25, 0.3) is 0 Å². The third kappa shape index (κ3) is 5.75. The van der Waals surface area contributed by atoms with Crippen LogP contribution < -0.4 is 5.32 Å². The molecule has 2 heteroatoms. The summed E-state index contributed by atoms with van der Waals surface area (Å²) in [6.45, 7) is 14.4. The van der Waals surface area contributed by atoms with Gasteiger partial charge in [-0.05, 0) is 43.1 Å². The summed E-state index contributed by atoms with van der Waals surface area (Å²) in [6, 6.07) is 9.15. The lowest BCUT2D eigenvalue weighted by Crippen LogP contribution is -2.23. The average molecular weight is 262 g/mol. The normalized spacial score (nSPS) is 12.9.